The summed E-state index contributed by atoms with van der Waals surface area (Å²) in [5.74, 6) is 0.846. The Kier molecular flexibility index (Phi) is 4.05. The van der Waals surface area contributed by atoms with E-state index < -0.39 is 0 Å². The fraction of sp³-hybridized carbons (Fsp3) is 0.250. The summed E-state index contributed by atoms with van der Waals surface area (Å²) in [5.41, 5.74) is 6.75. The summed E-state index contributed by atoms with van der Waals surface area (Å²) in [6.45, 7) is 5.50. The lowest BCUT2D eigenvalue weighted by Crippen LogP contribution is -2.32. The van der Waals surface area contributed by atoms with Crippen molar-refractivity contribution in [1.82, 2.24) is 20.2 Å². The monoisotopic (exact) mass is 342 g/mol. The summed E-state index contributed by atoms with van der Waals surface area (Å²) >= 11 is 0. The molecule has 3 aromatic rings. The van der Waals surface area contributed by atoms with Gasteiger partial charge in [0.25, 0.3) is 0 Å². The van der Waals surface area contributed by atoms with Gasteiger partial charge in [-0.05, 0) is 42.7 Å². The number of pyridine rings is 2. The Hall–Kier alpha value is -3.33. The molecule has 0 radical (unpaired) electrons. The first kappa shape index (κ1) is 16.2. The van der Waals surface area contributed by atoms with Crippen LogP contribution in [0.5, 0.6) is 0 Å². The number of fused-ring (bicyclic) bond motifs is 1. The van der Waals surface area contributed by atoms with E-state index in [1.54, 1.807) is 6.20 Å². The largest absolute Gasteiger partial charge is 0.350 e. The van der Waals surface area contributed by atoms with Gasteiger partial charge in [-0.3, -0.25) is 9.97 Å². The number of anilines is 1. The highest BCUT2D eigenvalue weighted by molar-refractivity contribution is 5.63. The topological polar surface area (TPSA) is 78.6 Å². The van der Waals surface area contributed by atoms with Crippen LogP contribution in [0.4, 0.5) is 5.82 Å². The van der Waals surface area contributed by atoms with Gasteiger partial charge >= 0.3 is 0 Å². The Morgan fingerprint density at radius 1 is 1.12 bits per heavy atom. The van der Waals surface area contributed by atoms with Crippen molar-refractivity contribution in [3.05, 3.63) is 64.9 Å². The molecule has 3 aromatic heterocycles. The molecule has 0 N–H and O–H groups in total. The smallest absolute Gasteiger partial charge is 0.166 e. The third-order valence-electron chi connectivity index (χ3n) is 4.94. The van der Waals surface area contributed by atoms with Crippen LogP contribution in [0.15, 0.2) is 36.8 Å². The maximum absolute atomic E-state index is 9.13. The Labute approximate surface area is 152 Å². The van der Waals surface area contributed by atoms with Gasteiger partial charge < -0.3 is 4.90 Å². The van der Waals surface area contributed by atoms with E-state index in [1.165, 1.54) is 5.56 Å². The van der Waals surface area contributed by atoms with E-state index in [4.69, 9.17) is 5.26 Å². The van der Waals surface area contributed by atoms with E-state index in [2.05, 4.69) is 37.2 Å². The minimum Gasteiger partial charge on any atom is -0.350 e. The zero-order valence-corrected chi connectivity index (χ0v) is 14.8. The maximum Gasteiger partial charge on any atom is 0.166 e. The van der Waals surface area contributed by atoms with E-state index in [1.807, 2.05) is 38.4 Å². The van der Waals surface area contributed by atoms with Crippen LogP contribution in [0, 0.1) is 25.2 Å². The lowest BCUT2D eigenvalue weighted by atomic mass is 10.0. The fourth-order valence-corrected chi connectivity index (χ4v) is 3.30. The van der Waals surface area contributed by atoms with Crippen molar-refractivity contribution >= 4 is 5.82 Å². The molecule has 4 rings (SSSR count). The lowest BCUT2D eigenvalue weighted by Gasteiger charge is -2.30. The first-order valence-corrected chi connectivity index (χ1v) is 8.54. The standard InChI is InChI=1S/C20H18N6/c1-13-14(2)20(25-24-19(13)9-21)26-7-5-18-17(12-26)8-16(11-23-18)15-4-3-6-22-10-15/h3-4,6,8,10-11H,5,7,12H2,1-2H3. The Morgan fingerprint density at radius 3 is 2.77 bits per heavy atom. The number of hydrogen-bond donors (Lipinski definition) is 0. The Balaban J connectivity index is 1.68. The van der Waals surface area contributed by atoms with Gasteiger partial charge in [0.15, 0.2) is 11.5 Å². The molecule has 0 aromatic carbocycles. The quantitative estimate of drug-likeness (QED) is 0.712. The molecule has 0 amide bonds. The van der Waals surface area contributed by atoms with E-state index in [0.29, 0.717) is 5.69 Å². The van der Waals surface area contributed by atoms with Crippen LogP contribution in [-0.4, -0.2) is 26.7 Å². The van der Waals surface area contributed by atoms with Gasteiger partial charge in [0.2, 0.25) is 0 Å². The lowest BCUT2D eigenvalue weighted by molar-refractivity contribution is 0.692. The van der Waals surface area contributed by atoms with Crippen LogP contribution >= 0.6 is 0 Å². The average Bonchev–Trinajstić information content (AvgIpc) is 2.70. The Morgan fingerprint density at radius 2 is 2.00 bits per heavy atom. The molecule has 1 aliphatic heterocycles. The van der Waals surface area contributed by atoms with Crippen molar-refractivity contribution in [2.45, 2.75) is 26.8 Å². The van der Waals surface area contributed by atoms with Crippen LogP contribution in [0.2, 0.25) is 0 Å². The molecule has 0 spiro atoms. The average molecular weight is 342 g/mol. The van der Waals surface area contributed by atoms with Crippen molar-refractivity contribution in [1.29, 1.82) is 5.26 Å². The second-order valence-corrected chi connectivity index (χ2v) is 6.48. The van der Waals surface area contributed by atoms with Gasteiger partial charge in [0.05, 0.1) is 0 Å². The minimum atomic E-state index is 0.393. The number of aromatic nitrogens is 4. The third kappa shape index (κ3) is 2.78. The van der Waals surface area contributed by atoms with Gasteiger partial charge in [0, 0.05) is 54.9 Å². The molecule has 26 heavy (non-hydrogen) atoms. The number of nitriles is 1. The molecule has 6 nitrogen and oxygen atoms in total. The number of rotatable bonds is 2. The molecule has 128 valence electrons. The molecule has 4 heterocycles. The molecule has 0 saturated carbocycles. The van der Waals surface area contributed by atoms with Crippen molar-refractivity contribution in [2.75, 3.05) is 11.4 Å². The van der Waals surface area contributed by atoms with E-state index in [0.717, 1.165) is 53.3 Å². The van der Waals surface area contributed by atoms with Crippen LogP contribution in [0.25, 0.3) is 11.1 Å². The fourth-order valence-electron chi connectivity index (χ4n) is 3.30. The van der Waals surface area contributed by atoms with Gasteiger partial charge in [-0.1, -0.05) is 6.07 Å². The van der Waals surface area contributed by atoms with E-state index in [-0.39, 0.29) is 0 Å². The van der Waals surface area contributed by atoms with E-state index in [9.17, 15) is 0 Å². The van der Waals surface area contributed by atoms with Gasteiger partial charge in [-0.25, -0.2) is 0 Å². The second-order valence-electron chi connectivity index (χ2n) is 6.48. The summed E-state index contributed by atoms with van der Waals surface area (Å²) in [6.07, 6.45) is 6.40. The molecule has 0 saturated heterocycles. The normalized spacial score (nSPS) is 13.2. The zero-order chi connectivity index (χ0) is 18.1. The van der Waals surface area contributed by atoms with Gasteiger partial charge in [0.1, 0.15) is 6.07 Å². The van der Waals surface area contributed by atoms with Crippen molar-refractivity contribution < 1.29 is 0 Å². The van der Waals surface area contributed by atoms with Crippen molar-refractivity contribution in [3.8, 4) is 17.2 Å². The van der Waals surface area contributed by atoms with Crippen LogP contribution in [0.3, 0.4) is 0 Å². The highest BCUT2D eigenvalue weighted by atomic mass is 15.3. The summed E-state index contributed by atoms with van der Waals surface area (Å²) in [4.78, 5) is 11.1. The second kappa shape index (κ2) is 6.52. The predicted octanol–water partition coefficient (Wildman–Crippen LogP) is 2.98. The minimum absolute atomic E-state index is 0.393. The first-order chi connectivity index (χ1) is 12.7. The Bertz CT molecular complexity index is 1010. The third-order valence-corrected chi connectivity index (χ3v) is 4.94. The summed E-state index contributed by atoms with van der Waals surface area (Å²) in [7, 11) is 0. The summed E-state index contributed by atoms with van der Waals surface area (Å²) in [5, 5.41) is 17.5. The van der Waals surface area contributed by atoms with Crippen LogP contribution in [-0.2, 0) is 13.0 Å². The first-order valence-electron chi connectivity index (χ1n) is 8.54. The van der Waals surface area contributed by atoms with Gasteiger partial charge in [-0.2, -0.15) is 5.26 Å². The maximum atomic E-state index is 9.13. The highest BCUT2D eigenvalue weighted by Gasteiger charge is 2.22. The molecule has 6 heteroatoms. The molecule has 0 bridgehead atoms. The van der Waals surface area contributed by atoms with E-state index >= 15 is 0 Å². The summed E-state index contributed by atoms with van der Waals surface area (Å²) in [6, 6.07) is 8.25. The molecule has 0 aliphatic carbocycles. The van der Waals surface area contributed by atoms with Crippen molar-refractivity contribution in [2.24, 2.45) is 0 Å². The summed E-state index contributed by atoms with van der Waals surface area (Å²) < 4.78 is 0. The molecule has 1 aliphatic rings. The molecule has 0 unspecified atom stereocenters. The van der Waals surface area contributed by atoms with Crippen LogP contribution in [0.1, 0.15) is 28.1 Å². The highest BCUT2D eigenvalue weighted by Crippen LogP contribution is 2.28. The zero-order valence-electron chi connectivity index (χ0n) is 14.8. The van der Waals surface area contributed by atoms with Crippen molar-refractivity contribution in [3.63, 3.8) is 0 Å². The molecule has 0 fully saturated rings. The predicted molar refractivity (Wildman–Crippen MR) is 98.4 cm³/mol. The molecular weight excluding hydrogens is 324 g/mol. The van der Waals surface area contributed by atoms with Gasteiger partial charge in [-0.15, -0.1) is 10.2 Å². The van der Waals surface area contributed by atoms with Crippen LogP contribution < -0.4 is 4.90 Å². The number of hydrogen-bond acceptors (Lipinski definition) is 6. The molecular formula is C20H18N6. The molecule has 0 atom stereocenters. The SMILES string of the molecule is Cc1c(C#N)nnc(N2CCc3ncc(-c4cccnc4)cc3C2)c1C. The number of nitrogens with zero attached hydrogens (tertiary/aromatic N) is 6.